The zero-order valence-electron chi connectivity index (χ0n) is 7.69. The molecule has 1 N–H and O–H groups in total. The van der Waals surface area contributed by atoms with E-state index in [0.717, 1.165) is 0 Å². The largest absolute Gasteiger partial charge is 0.390 e. The van der Waals surface area contributed by atoms with Crippen molar-refractivity contribution in [1.29, 1.82) is 0 Å². The second-order valence-electron chi connectivity index (χ2n) is 2.80. The maximum Gasteiger partial charge on any atom is 0.255 e. The quantitative estimate of drug-likeness (QED) is 0.781. The number of aromatic nitrogens is 2. The van der Waals surface area contributed by atoms with E-state index >= 15 is 0 Å². The molecule has 14 heavy (non-hydrogen) atoms. The first-order chi connectivity index (χ1) is 6.63. The fourth-order valence-electron chi connectivity index (χ4n) is 0.927. The van der Waals surface area contributed by atoms with E-state index in [4.69, 9.17) is 5.11 Å². The average Bonchev–Trinajstić information content (AvgIpc) is 2.17. The monoisotopic (exact) mass is 203 g/mol. The summed E-state index contributed by atoms with van der Waals surface area (Å²) in [5.41, 5.74) is 0.416. The molecule has 0 spiro atoms. The summed E-state index contributed by atoms with van der Waals surface area (Å²) in [5.74, 6) is 0.363. The van der Waals surface area contributed by atoms with Gasteiger partial charge in [0.05, 0.1) is 31.2 Å². The van der Waals surface area contributed by atoms with Crippen molar-refractivity contribution >= 4 is 5.82 Å². The van der Waals surface area contributed by atoms with Crippen LogP contribution >= 0.6 is 0 Å². The van der Waals surface area contributed by atoms with Crippen LogP contribution in [0.15, 0.2) is 12.4 Å². The Bertz CT molecular complexity index is 278. The molecule has 0 saturated carbocycles. The van der Waals surface area contributed by atoms with E-state index in [0.29, 0.717) is 11.5 Å². The van der Waals surface area contributed by atoms with Gasteiger partial charge in [0.2, 0.25) is 0 Å². The van der Waals surface area contributed by atoms with Crippen LogP contribution in [0.1, 0.15) is 5.69 Å². The topological polar surface area (TPSA) is 49.2 Å². The molecular weight excluding hydrogens is 192 g/mol. The van der Waals surface area contributed by atoms with Crippen LogP contribution in [0.2, 0.25) is 0 Å². The number of nitrogens with zero attached hydrogens (tertiary/aromatic N) is 3. The van der Waals surface area contributed by atoms with E-state index < -0.39 is 6.43 Å². The van der Waals surface area contributed by atoms with Gasteiger partial charge in [0.15, 0.2) is 0 Å². The van der Waals surface area contributed by atoms with Gasteiger partial charge in [-0.3, -0.25) is 4.98 Å². The van der Waals surface area contributed by atoms with Gasteiger partial charge in [-0.2, -0.15) is 0 Å². The number of hydrogen-bond donors (Lipinski definition) is 1. The number of halogens is 2. The van der Waals surface area contributed by atoms with Crippen molar-refractivity contribution in [2.45, 2.75) is 13.0 Å². The summed E-state index contributed by atoms with van der Waals surface area (Å²) in [4.78, 5) is 9.00. The van der Waals surface area contributed by atoms with Crippen LogP contribution in [0.5, 0.6) is 0 Å². The number of aliphatic hydroxyl groups is 1. The minimum absolute atomic E-state index is 0.203. The summed E-state index contributed by atoms with van der Waals surface area (Å²) in [5, 5.41) is 8.68. The van der Waals surface area contributed by atoms with Gasteiger partial charge >= 0.3 is 0 Å². The maximum atomic E-state index is 12.0. The normalized spacial score (nSPS) is 10.6. The molecule has 1 rings (SSSR count). The van der Waals surface area contributed by atoms with Crippen LogP contribution in [-0.4, -0.2) is 35.1 Å². The van der Waals surface area contributed by atoms with E-state index in [1.807, 2.05) is 0 Å². The molecule has 0 aliphatic heterocycles. The predicted molar refractivity (Wildman–Crippen MR) is 47.2 cm³/mol. The molecule has 0 atom stereocenters. The van der Waals surface area contributed by atoms with Gasteiger partial charge in [0, 0.05) is 7.05 Å². The summed E-state index contributed by atoms with van der Waals surface area (Å²) in [6, 6.07) is 0. The van der Waals surface area contributed by atoms with Crippen molar-refractivity contribution in [2.24, 2.45) is 0 Å². The van der Waals surface area contributed by atoms with Crippen molar-refractivity contribution in [2.75, 3.05) is 18.5 Å². The van der Waals surface area contributed by atoms with E-state index in [1.54, 1.807) is 0 Å². The third-order valence-corrected chi connectivity index (χ3v) is 1.66. The highest BCUT2D eigenvalue weighted by molar-refractivity contribution is 5.34. The Labute approximate surface area is 80.2 Å². The molecule has 0 aliphatic carbocycles. The van der Waals surface area contributed by atoms with Crippen molar-refractivity contribution in [3.63, 3.8) is 0 Å². The van der Waals surface area contributed by atoms with Crippen LogP contribution in [0.25, 0.3) is 0 Å². The van der Waals surface area contributed by atoms with Crippen LogP contribution in [0, 0.1) is 0 Å². The SMILES string of the molecule is CN(CC(F)F)c1cnc(CO)cn1. The van der Waals surface area contributed by atoms with Gasteiger partial charge in [0.1, 0.15) is 5.82 Å². The first-order valence-corrected chi connectivity index (χ1v) is 4.04. The Kier molecular flexibility index (Phi) is 3.70. The highest BCUT2D eigenvalue weighted by Crippen LogP contribution is 2.08. The molecule has 0 bridgehead atoms. The minimum atomic E-state index is -2.40. The zero-order valence-corrected chi connectivity index (χ0v) is 7.69. The van der Waals surface area contributed by atoms with Gasteiger partial charge in [-0.15, -0.1) is 0 Å². The molecule has 1 aromatic rings. The lowest BCUT2D eigenvalue weighted by Crippen LogP contribution is -2.25. The molecule has 1 aromatic heterocycles. The molecule has 0 aliphatic rings. The summed E-state index contributed by atoms with van der Waals surface area (Å²) in [6.07, 6.45) is 0.310. The van der Waals surface area contributed by atoms with Gasteiger partial charge < -0.3 is 10.0 Å². The number of anilines is 1. The van der Waals surface area contributed by atoms with E-state index in [1.165, 1.54) is 24.3 Å². The Morgan fingerprint density at radius 2 is 2.14 bits per heavy atom. The second-order valence-corrected chi connectivity index (χ2v) is 2.80. The lowest BCUT2D eigenvalue weighted by atomic mass is 10.4. The third kappa shape index (κ3) is 2.88. The van der Waals surface area contributed by atoms with Gasteiger partial charge in [0.25, 0.3) is 6.43 Å². The summed E-state index contributed by atoms with van der Waals surface area (Å²) >= 11 is 0. The zero-order chi connectivity index (χ0) is 10.6. The number of hydrogen-bond acceptors (Lipinski definition) is 4. The first-order valence-electron chi connectivity index (χ1n) is 4.04. The van der Waals surface area contributed by atoms with Crippen molar-refractivity contribution in [3.8, 4) is 0 Å². The van der Waals surface area contributed by atoms with E-state index in [9.17, 15) is 8.78 Å². The van der Waals surface area contributed by atoms with Crippen molar-refractivity contribution in [1.82, 2.24) is 9.97 Å². The molecule has 0 aromatic carbocycles. The smallest absolute Gasteiger partial charge is 0.255 e. The van der Waals surface area contributed by atoms with Crippen LogP contribution in [0.4, 0.5) is 14.6 Å². The lowest BCUT2D eigenvalue weighted by Gasteiger charge is -2.16. The fourth-order valence-corrected chi connectivity index (χ4v) is 0.927. The molecule has 1 heterocycles. The standard InChI is InChI=1S/C8H11F2N3O/c1-13(4-7(9)10)8-3-11-6(5-14)2-12-8/h2-3,7,14H,4-5H2,1H3. The lowest BCUT2D eigenvalue weighted by molar-refractivity contribution is 0.156. The minimum Gasteiger partial charge on any atom is -0.390 e. The highest BCUT2D eigenvalue weighted by Gasteiger charge is 2.09. The third-order valence-electron chi connectivity index (χ3n) is 1.66. The predicted octanol–water partition coefficient (Wildman–Crippen LogP) is 0.670. The first kappa shape index (κ1) is 10.8. The van der Waals surface area contributed by atoms with E-state index in [-0.39, 0.29) is 13.2 Å². The molecule has 6 heteroatoms. The molecule has 4 nitrogen and oxygen atoms in total. The summed E-state index contributed by atoms with van der Waals surface area (Å²) in [6.45, 7) is -0.584. The number of aliphatic hydroxyl groups excluding tert-OH is 1. The Balaban J connectivity index is 2.66. The second kappa shape index (κ2) is 4.80. The van der Waals surface area contributed by atoms with Crippen LogP contribution in [0.3, 0.4) is 0 Å². The average molecular weight is 203 g/mol. The van der Waals surface area contributed by atoms with Gasteiger partial charge in [-0.05, 0) is 0 Å². The molecule has 0 amide bonds. The van der Waals surface area contributed by atoms with Crippen molar-refractivity contribution in [3.05, 3.63) is 18.1 Å². The van der Waals surface area contributed by atoms with Crippen LogP contribution in [-0.2, 0) is 6.61 Å². The Hall–Kier alpha value is -1.30. The van der Waals surface area contributed by atoms with Gasteiger partial charge in [-0.25, -0.2) is 13.8 Å². The molecule has 0 saturated heterocycles. The Morgan fingerprint density at radius 3 is 2.57 bits per heavy atom. The highest BCUT2D eigenvalue weighted by atomic mass is 19.3. The number of rotatable bonds is 4. The Morgan fingerprint density at radius 1 is 1.43 bits per heavy atom. The molecule has 0 unspecified atom stereocenters. The van der Waals surface area contributed by atoms with Crippen LogP contribution < -0.4 is 4.90 Å². The van der Waals surface area contributed by atoms with Gasteiger partial charge in [-0.1, -0.05) is 0 Å². The van der Waals surface area contributed by atoms with E-state index in [2.05, 4.69) is 9.97 Å². The maximum absolute atomic E-state index is 12.0. The summed E-state index contributed by atoms with van der Waals surface area (Å²) < 4.78 is 24.0. The molecular formula is C8H11F2N3O. The molecule has 0 radical (unpaired) electrons. The van der Waals surface area contributed by atoms with Crippen molar-refractivity contribution < 1.29 is 13.9 Å². The molecule has 78 valence electrons. The summed E-state index contributed by atoms with van der Waals surface area (Å²) in [7, 11) is 1.51. The number of alkyl halides is 2. The molecule has 0 fully saturated rings. The fraction of sp³-hybridized carbons (Fsp3) is 0.500.